The van der Waals surface area contributed by atoms with Crippen molar-refractivity contribution < 1.29 is 4.79 Å². The summed E-state index contributed by atoms with van der Waals surface area (Å²) in [5.41, 5.74) is 5.40. The monoisotopic (exact) mass is 344 g/mol. The number of hydrogen-bond acceptors (Lipinski definition) is 3. The molecule has 1 heterocycles. The molecule has 3 heteroatoms. The van der Waals surface area contributed by atoms with Gasteiger partial charge in [0.25, 0.3) is 0 Å². The van der Waals surface area contributed by atoms with E-state index in [4.69, 9.17) is 0 Å². The predicted molar refractivity (Wildman–Crippen MR) is 107 cm³/mol. The van der Waals surface area contributed by atoms with Crippen LogP contribution in [0.5, 0.6) is 0 Å². The first-order valence-electron chi connectivity index (χ1n) is 8.81. The van der Waals surface area contributed by atoms with Crippen molar-refractivity contribution in [2.75, 3.05) is 19.0 Å². The highest BCUT2D eigenvalue weighted by molar-refractivity contribution is 5.96. The summed E-state index contributed by atoms with van der Waals surface area (Å²) in [6.45, 7) is 2.08. The summed E-state index contributed by atoms with van der Waals surface area (Å²) in [5.74, 6) is 0.169. The van der Waals surface area contributed by atoms with Gasteiger partial charge in [-0.25, -0.2) is 0 Å². The molecule has 0 spiro atoms. The van der Waals surface area contributed by atoms with Crippen LogP contribution in [0.3, 0.4) is 0 Å². The van der Waals surface area contributed by atoms with E-state index in [9.17, 15) is 4.79 Å². The molecule has 0 aliphatic rings. The van der Waals surface area contributed by atoms with Gasteiger partial charge in [-0.15, -0.1) is 0 Å². The van der Waals surface area contributed by atoms with Gasteiger partial charge in [-0.1, -0.05) is 42.0 Å². The molecule has 1 aromatic heterocycles. The molecule has 0 amide bonds. The van der Waals surface area contributed by atoms with Crippen molar-refractivity contribution in [2.45, 2.75) is 19.3 Å². The van der Waals surface area contributed by atoms with Gasteiger partial charge in [0.15, 0.2) is 5.78 Å². The molecule has 3 rings (SSSR count). The summed E-state index contributed by atoms with van der Waals surface area (Å²) < 4.78 is 0. The largest absolute Gasteiger partial charge is 0.378 e. The molecule has 3 aromatic rings. The lowest BCUT2D eigenvalue weighted by Gasteiger charge is -2.19. The Bertz CT molecular complexity index is 853. The van der Waals surface area contributed by atoms with Crippen molar-refractivity contribution in [1.82, 2.24) is 4.98 Å². The molecule has 0 saturated carbocycles. The van der Waals surface area contributed by atoms with E-state index in [1.165, 1.54) is 5.56 Å². The fraction of sp³-hybridized carbons (Fsp3) is 0.217. The maximum absolute atomic E-state index is 12.8. The summed E-state index contributed by atoms with van der Waals surface area (Å²) in [6.07, 6.45) is 3.77. The van der Waals surface area contributed by atoms with Crippen LogP contribution in [0.4, 0.5) is 5.69 Å². The second-order valence-electron chi connectivity index (χ2n) is 6.81. The second-order valence-corrected chi connectivity index (χ2v) is 6.81. The highest BCUT2D eigenvalue weighted by atomic mass is 16.1. The lowest BCUT2D eigenvalue weighted by atomic mass is 9.85. The minimum absolute atomic E-state index is 0.0347. The standard InChI is InChI=1S/C23H24N2O/c1-17-4-6-18(7-5-17)22(16-23(26)20-12-14-24-15-13-20)19-8-10-21(11-9-19)25(2)3/h4-15,22H,16H2,1-3H3. The number of Topliss-reactive ketones (excluding diaryl/α,β-unsaturated/α-hetero) is 1. The van der Waals surface area contributed by atoms with Gasteiger partial charge in [0.2, 0.25) is 0 Å². The van der Waals surface area contributed by atoms with Gasteiger partial charge in [0, 0.05) is 50.1 Å². The molecule has 0 radical (unpaired) electrons. The number of carbonyl (C=O) groups excluding carboxylic acids is 1. The summed E-state index contributed by atoms with van der Waals surface area (Å²) >= 11 is 0. The first-order valence-corrected chi connectivity index (χ1v) is 8.81. The summed E-state index contributed by atoms with van der Waals surface area (Å²) in [5, 5.41) is 0. The highest BCUT2D eigenvalue weighted by Crippen LogP contribution is 2.31. The zero-order valence-electron chi connectivity index (χ0n) is 15.5. The van der Waals surface area contributed by atoms with Crippen LogP contribution in [0.1, 0.15) is 39.4 Å². The van der Waals surface area contributed by atoms with E-state index in [0.717, 1.165) is 16.8 Å². The van der Waals surface area contributed by atoms with Crippen LogP contribution in [0, 0.1) is 6.92 Å². The average molecular weight is 344 g/mol. The Balaban J connectivity index is 1.93. The van der Waals surface area contributed by atoms with Crippen molar-refractivity contribution in [3.8, 4) is 0 Å². The topological polar surface area (TPSA) is 33.2 Å². The van der Waals surface area contributed by atoms with E-state index in [1.54, 1.807) is 24.5 Å². The fourth-order valence-electron chi connectivity index (χ4n) is 3.07. The van der Waals surface area contributed by atoms with Gasteiger partial charge >= 0.3 is 0 Å². The number of hydrogen-bond donors (Lipinski definition) is 0. The number of nitrogens with zero attached hydrogens (tertiary/aromatic N) is 2. The minimum Gasteiger partial charge on any atom is -0.378 e. The van der Waals surface area contributed by atoms with Gasteiger partial charge in [0.05, 0.1) is 0 Å². The smallest absolute Gasteiger partial charge is 0.163 e. The third kappa shape index (κ3) is 4.17. The van der Waals surface area contributed by atoms with Crippen LogP contribution < -0.4 is 4.90 Å². The lowest BCUT2D eigenvalue weighted by Crippen LogP contribution is -2.11. The molecule has 2 aromatic carbocycles. The number of ketones is 1. The van der Waals surface area contributed by atoms with Crippen LogP contribution in [0.2, 0.25) is 0 Å². The maximum atomic E-state index is 12.8. The highest BCUT2D eigenvalue weighted by Gasteiger charge is 2.19. The van der Waals surface area contributed by atoms with E-state index in [1.807, 2.05) is 14.1 Å². The lowest BCUT2D eigenvalue weighted by molar-refractivity contribution is 0.0977. The average Bonchev–Trinajstić information content (AvgIpc) is 2.67. The Kier molecular flexibility index (Phi) is 5.47. The van der Waals surface area contributed by atoms with Crippen LogP contribution in [-0.2, 0) is 0 Å². The Morgan fingerprint density at radius 1 is 0.885 bits per heavy atom. The first-order chi connectivity index (χ1) is 12.5. The predicted octanol–water partition coefficient (Wildman–Crippen LogP) is 4.86. The van der Waals surface area contributed by atoms with Crippen LogP contribution in [0.15, 0.2) is 73.1 Å². The fourth-order valence-corrected chi connectivity index (χ4v) is 3.07. The van der Waals surface area contributed by atoms with Crippen molar-refractivity contribution in [3.05, 3.63) is 95.3 Å². The van der Waals surface area contributed by atoms with Gasteiger partial charge in [-0.05, 0) is 42.3 Å². The molecular weight excluding hydrogens is 320 g/mol. The molecular formula is C23H24N2O. The number of aromatic nitrogens is 1. The Morgan fingerprint density at radius 3 is 1.96 bits per heavy atom. The number of benzene rings is 2. The Labute approximate surface area is 155 Å². The van der Waals surface area contributed by atoms with E-state index in [0.29, 0.717) is 12.0 Å². The van der Waals surface area contributed by atoms with Crippen molar-refractivity contribution >= 4 is 11.5 Å². The maximum Gasteiger partial charge on any atom is 0.163 e. The third-order valence-corrected chi connectivity index (χ3v) is 4.68. The van der Waals surface area contributed by atoms with Crippen LogP contribution in [0.25, 0.3) is 0 Å². The summed E-state index contributed by atoms with van der Waals surface area (Å²) in [4.78, 5) is 18.9. The van der Waals surface area contributed by atoms with Gasteiger partial charge in [-0.2, -0.15) is 0 Å². The van der Waals surface area contributed by atoms with Crippen molar-refractivity contribution in [1.29, 1.82) is 0 Å². The third-order valence-electron chi connectivity index (χ3n) is 4.68. The zero-order valence-corrected chi connectivity index (χ0v) is 15.5. The van der Waals surface area contributed by atoms with Crippen molar-refractivity contribution in [3.63, 3.8) is 0 Å². The van der Waals surface area contributed by atoms with Crippen LogP contribution >= 0.6 is 0 Å². The van der Waals surface area contributed by atoms with E-state index < -0.39 is 0 Å². The minimum atomic E-state index is 0.0347. The van der Waals surface area contributed by atoms with Gasteiger partial charge in [0.1, 0.15) is 0 Å². The summed E-state index contributed by atoms with van der Waals surface area (Å²) in [6, 6.07) is 20.5. The van der Waals surface area contributed by atoms with E-state index >= 15 is 0 Å². The molecule has 1 atom stereocenters. The van der Waals surface area contributed by atoms with E-state index in [-0.39, 0.29) is 11.7 Å². The molecule has 0 aliphatic heterocycles. The molecule has 0 fully saturated rings. The Morgan fingerprint density at radius 2 is 1.42 bits per heavy atom. The molecule has 26 heavy (non-hydrogen) atoms. The van der Waals surface area contributed by atoms with Gasteiger partial charge < -0.3 is 4.90 Å². The van der Waals surface area contributed by atoms with Crippen LogP contribution in [-0.4, -0.2) is 24.9 Å². The number of rotatable bonds is 6. The first kappa shape index (κ1) is 17.9. The molecule has 0 aliphatic carbocycles. The molecule has 132 valence electrons. The molecule has 0 N–H and O–H groups in total. The number of carbonyl (C=O) groups is 1. The number of anilines is 1. The molecule has 1 unspecified atom stereocenters. The second kappa shape index (κ2) is 7.96. The normalized spacial score (nSPS) is 11.8. The quantitative estimate of drug-likeness (QED) is 0.599. The van der Waals surface area contributed by atoms with Crippen molar-refractivity contribution in [2.24, 2.45) is 0 Å². The van der Waals surface area contributed by atoms with Gasteiger partial charge in [-0.3, -0.25) is 9.78 Å². The SMILES string of the molecule is Cc1ccc(C(CC(=O)c2ccncc2)c2ccc(N(C)C)cc2)cc1. The number of aryl methyl sites for hydroxylation is 1. The van der Waals surface area contributed by atoms with E-state index in [2.05, 4.69) is 65.3 Å². The molecule has 0 bridgehead atoms. The molecule has 0 saturated heterocycles. The molecule has 3 nitrogen and oxygen atoms in total. The number of pyridine rings is 1. The Hall–Kier alpha value is -2.94. The summed E-state index contributed by atoms with van der Waals surface area (Å²) in [7, 11) is 4.05. The zero-order chi connectivity index (χ0) is 18.5.